The highest BCUT2D eigenvalue weighted by Gasteiger charge is 2.10. The van der Waals surface area contributed by atoms with E-state index in [1.54, 1.807) is 6.20 Å². The average molecular weight is 367 g/mol. The van der Waals surface area contributed by atoms with Crippen molar-refractivity contribution in [3.63, 3.8) is 0 Å². The van der Waals surface area contributed by atoms with E-state index in [1.807, 2.05) is 56.5 Å². The summed E-state index contributed by atoms with van der Waals surface area (Å²) < 4.78 is 5.67. The fraction of sp³-hybridized carbons (Fsp3) is 0.250. The molecule has 2 heterocycles. The number of pyridine rings is 1. The molecule has 134 valence electrons. The monoisotopic (exact) mass is 367 g/mol. The number of hydrogen-bond acceptors (Lipinski definition) is 5. The van der Waals surface area contributed by atoms with Gasteiger partial charge in [0, 0.05) is 16.8 Å². The number of aryl methyl sites for hydroxylation is 3. The van der Waals surface area contributed by atoms with Gasteiger partial charge in [-0.25, -0.2) is 4.98 Å². The molecule has 0 aliphatic carbocycles. The van der Waals surface area contributed by atoms with E-state index in [0.717, 1.165) is 27.6 Å². The van der Waals surface area contributed by atoms with Gasteiger partial charge in [0.05, 0.1) is 18.3 Å². The maximum Gasteiger partial charge on any atom is 0.230 e. The number of carbonyl (C=O) groups excluding carboxylic acids is 1. The number of nitrogens with zero attached hydrogens (tertiary/aromatic N) is 2. The van der Waals surface area contributed by atoms with Crippen molar-refractivity contribution < 1.29 is 9.53 Å². The molecule has 0 atom stereocenters. The molecule has 0 bridgehead atoms. The van der Waals surface area contributed by atoms with Crippen molar-refractivity contribution in [2.24, 2.45) is 0 Å². The van der Waals surface area contributed by atoms with Crippen molar-refractivity contribution in [1.82, 2.24) is 9.97 Å². The molecule has 1 amide bonds. The summed E-state index contributed by atoms with van der Waals surface area (Å²) in [6.45, 7) is 6.32. The number of hydrogen-bond donors (Lipinski definition) is 1. The zero-order valence-electron chi connectivity index (χ0n) is 15.1. The third-order valence-electron chi connectivity index (χ3n) is 3.84. The minimum absolute atomic E-state index is 0.0718. The minimum Gasteiger partial charge on any atom is -0.485 e. The molecule has 0 fully saturated rings. The standard InChI is InChI=1S/C20H21N3O2S/c1-13-4-7-18(14(2)8-13)23-19(24)9-16-12-26-20(22-16)11-25-17-6-5-15(3)21-10-17/h4-8,10,12H,9,11H2,1-3H3,(H,23,24). The van der Waals surface area contributed by atoms with E-state index in [4.69, 9.17) is 4.74 Å². The maximum atomic E-state index is 12.3. The van der Waals surface area contributed by atoms with Crippen LogP contribution in [0, 0.1) is 20.8 Å². The molecule has 6 heteroatoms. The quantitative estimate of drug-likeness (QED) is 0.708. The molecular weight excluding hydrogens is 346 g/mol. The van der Waals surface area contributed by atoms with E-state index in [0.29, 0.717) is 12.4 Å². The molecule has 5 nitrogen and oxygen atoms in total. The molecule has 1 N–H and O–H groups in total. The fourth-order valence-corrected chi connectivity index (χ4v) is 3.20. The van der Waals surface area contributed by atoms with Crippen LogP contribution in [0.5, 0.6) is 5.75 Å². The Morgan fingerprint density at radius 3 is 2.77 bits per heavy atom. The van der Waals surface area contributed by atoms with Crippen molar-refractivity contribution in [3.05, 3.63) is 69.4 Å². The highest BCUT2D eigenvalue weighted by Crippen LogP contribution is 2.18. The summed E-state index contributed by atoms with van der Waals surface area (Å²) in [5.41, 5.74) is 4.76. The third-order valence-corrected chi connectivity index (χ3v) is 4.71. The van der Waals surface area contributed by atoms with Crippen LogP contribution in [-0.2, 0) is 17.8 Å². The highest BCUT2D eigenvalue weighted by molar-refractivity contribution is 7.09. The Hall–Kier alpha value is -2.73. The number of nitrogens with one attached hydrogen (secondary N) is 1. The predicted octanol–water partition coefficient (Wildman–Crippen LogP) is 4.22. The highest BCUT2D eigenvalue weighted by atomic mass is 32.1. The number of thiazole rings is 1. The normalized spacial score (nSPS) is 10.6. The third kappa shape index (κ3) is 4.89. The predicted molar refractivity (Wildman–Crippen MR) is 104 cm³/mol. The first-order valence-corrected chi connectivity index (χ1v) is 9.23. The zero-order chi connectivity index (χ0) is 18.5. The molecule has 3 aromatic rings. The molecule has 0 spiro atoms. The topological polar surface area (TPSA) is 64.1 Å². The first kappa shape index (κ1) is 18.1. The van der Waals surface area contributed by atoms with Crippen molar-refractivity contribution in [2.45, 2.75) is 33.8 Å². The molecule has 0 aliphatic rings. The van der Waals surface area contributed by atoms with E-state index in [1.165, 1.54) is 16.9 Å². The van der Waals surface area contributed by atoms with E-state index in [-0.39, 0.29) is 12.3 Å². The van der Waals surface area contributed by atoms with Gasteiger partial charge < -0.3 is 10.1 Å². The van der Waals surface area contributed by atoms with Crippen LogP contribution in [-0.4, -0.2) is 15.9 Å². The lowest BCUT2D eigenvalue weighted by molar-refractivity contribution is -0.115. The Kier molecular flexibility index (Phi) is 5.63. The second-order valence-corrected chi connectivity index (χ2v) is 7.14. The van der Waals surface area contributed by atoms with E-state index in [9.17, 15) is 4.79 Å². The van der Waals surface area contributed by atoms with Crippen LogP contribution in [0.2, 0.25) is 0 Å². The van der Waals surface area contributed by atoms with Crippen LogP contribution < -0.4 is 10.1 Å². The molecule has 2 aromatic heterocycles. The van der Waals surface area contributed by atoms with Gasteiger partial charge in [-0.2, -0.15) is 0 Å². The van der Waals surface area contributed by atoms with Crippen molar-refractivity contribution >= 4 is 22.9 Å². The summed E-state index contributed by atoms with van der Waals surface area (Å²) in [6, 6.07) is 9.75. The summed E-state index contributed by atoms with van der Waals surface area (Å²) in [6.07, 6.45) is 1.94. The average Bonchev–Trinajstić information content (AvgIpc) is 3.04. The molecule has 0 saturated carbocycles. The number of benzene rings is 1. The summed E-state index contributed by atoms with van der Waals surface area (Å²) in [4.78, 5) is 20.9. The van der Waals surface area contributed by atoms with Crippen LogP contribution in [0.3, 0.4) is 0 Å². The number of ether oxygens (including phenoxy) is 1. The van der Waals surface area contributed by atoms with Crippen molar-refractivity contribution in [2.75, 3.05) is 5.32 Å². The molecular formula is C20H21N3O2S. The van der Waals surface area contributed by atoms with E-state index >= 15 is 0 Å². The van der Waals surface area contributed by atoms with Gasteiger partial charge >= 0.3 is 0 Å². The first-order valence-electron chi connectivity index (χ1n) is 8.35. The van der Waals surface area contributed by atoms with Crippen LogP contribution >= 0.6 is 11.3 Å². The molecule has 0 saturated heterocycles. The Morgan fingerprint density at radius 2 is 2.04 bits per heavy atom. The second-order valence-electron chi connectivity index (χ2n) is 6.20. The van der Waals surface area contributed by atoms with Crippen LogP contribution in [0.25, 0.3) is 0 Å². The maximum absolute atomic E-state index is 12.3. The van der Waals surface area contributed by atoms with Crippen LogP contribution in [0.15, 0.2) is 41.9 Å². The summed E-state index contributed by atoms with van der Waals surface area (Å²) >= 11 is 1.49. The lowest BCUT2D eigenvalue weighted by Gasteiger charge is -2.08. The Morgan fingerprint density at radius 1 is 1.19 bits per heavy atom. The van der Waals surface area contributed by atoms with Gasteiger partial charge in [-0.1, -0.05) is 17.7 Å². The summed E-state index contributed by atoms with van der Waals surface area (Å²) in [5, 5.41) is 5.67. The van der Waals surface area contributed by atoms with Gasteiger partial charge in [0.25, 0.3) is 0 Å². The first-order chi connectivity index (χ1) is 12.5. The van der Waals surface area contributed by atoms with E-state index < -0.39 is 0 Å². The number of amides is 1. The second kappa shape index (κ2) is 8.10. The fourth-order valence-electron chi connectivity index (χ4n) is 2.49. The Labute approximate surface area is 157 Å². The molecule has 0 radical (unpaired) electrons. The largest absolute Gasteiger partial charge is 0.485 e. The van der Waals surface area contributed by atoms with Crippen molar-refractivity contribution in [3.8, 4) is 5.75 Å². The summed E-state index contributed by atoms with van der Waals surface area (Å²) in [5.74, 6) is 0.636. The molecule has 26 heavy (non-hydrogen) atoms. The Bertz CT molecular complexity index is 904. The summed E-state index contributed by atoms with van der Waals surface area (Å²) in [7, 11) is 0. The lowest BCUT2D eigenvalue weighted by atomic mass is 10.1. The van der Waals surface area contributed by atoms with Gasteiger partial charge in [0.2, 0.25) is 5.91 Å². The molecule has 0 unspecified atom stereocenters. The van der Waals surface area contributed by atoms with Gasteiger partial charge in [0.1, 0.15) is 17.4 Å². The van der Waals surface area contributed by atoms with Crippen LogP contribution in [0.1, 0.15) is 27.5 Å². The minimum atomic E-state index is -0.0718. The van der Waals surface area contributed by atoms with Crippen molar-refractivity contribution in [1.29, 1.82) is 0 Å². The molecule has 0 aliphatic heterocycles. The smallest absolute Gasteiger partial charge is 0.230 e. The molecule has 1 aromatic carbocycles. The molecule has 3 rings (SSSR count). The van der Waals surface area contributed by atoms with E-state index in [2.05, 4.69) is 15.3 Å². The van der Waals surface area contributed by atoms with Crippen LogP contribution in [0.4, 0.5) is 5.69 Å². The number of carbonyl (C=O) groups is 1. The number of aromatic nitrogens is 2. The SMILES string of the molecule is Cc1ccc(NC(=O)Cc2csc(COc3ccc(C)nc3)n2)c(C)c1. The number of rotatable bonds is 6. The number of anilines is 1. The lowest BCUT2D eigenvalue weighted by Crippen LogP contribution is -2.15. The van der Waals surface area contributed by atoms with Gasteiger partial charge in [0.15, 0.2) is 0 Å². The zero-order valence-corrected chi connectivity index (χ0v) is 15.9. The van der Waals surface area contributed by atoms with Gasteiger partial charge in [-0.3, -0.25) is 9.78 Å². The van der Waals surface area contributed by atoms with Gasteiger partial charge in [-0.05, 0) is 44.5 Å². The van der Waals surface area contributed by atoms with Gasteiger partial charge in [-0.15, -0.1) is 11.3 Å². The Balaban J connectivity index is 1.54.